The second-order valence-electron chi connectivity index (χ2n) is 12.2. The molecule has 1 aliphatic heterocycles. The maximum absolute atomic E-state index is 13.0. The van der Waals surface area contributed by atoms with Crippen molar-refractivity contribution >= 4 is 22.9 Å². The highest BCUT2D eigenvalue weighted by Crippen LogP contribution is 2.51. The topological polar surface area (TPSA) is 157 Å². The number of terminal acetylenes is 1. The predicted octanol–water partition coefficient (Wildman–Crippen LogP) is 3.84. The normalized spacial score (nSPS) is 21.5. The van der Waals surface area contributed by atoms with Gasteiger partial charge in [-0.15, -0.1) is 6.42 Å². The van der Waals surface area contributed by atoms with Crippen LogP contribution >= 0.6 is 8.53 Å². The molecule has 0 aromatic carbocycles. The number of rotatable bonds is 14. The van der Waals surface area contributed by atoms with E-state index in [1.165, 1.54) is 16.8 Å². The first-order chi connectivity index (χ1) is 20.0. The molecule has 0 radical (unpaired) electrons. The molecule has 1 fully saturated rings. The number of alkyl carbamates (subject to hydrolysis) is 1. The van der Waals surface area contributed by atoms with E-state index in [0.29, 0.717) is 0 Å². The van der Waals surface area contributed by atoms with Crippen molar-refractivity contribution in [3.8, 4) is 18.4 Å². The van der Waals surface area contributed by atoms with Gasteiger partial charge in [0.15, 0.2) is 14.5 Å². The Morgan fingerprint density at radius 1 is 1.26 bits per heavy atom. The molecule has 2 rings (SSSR count). The zero-order valence-electron chi connectivity index (χ0n) is 26.6. The number of nitriles is 1. The molecule has 13 nitrogen and oxygen atoms in total. The first-order valence-electron chi connectivity index (χ1n) is 14.3. The molecule has 0 bridgehead atoms. The smallest absolute Gasteiger partial charge is 0.407 e. The Kier molecular flexibility index (Phi) is 13.6. The third kappa shape index (κ3) is 9.98. The van der Waals surface area contributed by atoms with E-state index in [1.807, 2.05) is 27.7 Å². The molecule has 240 valence electrons. The number of nitrogens with zero attached hydrogens (tertiary/aromatic N) is 3. The lowest BCUT2D eigenvalue weighted by Crippen LogP contribution is -2.50. The third-order valence-corrected chi connectivity index (χ3v) is 13.8. The molecule has 0 aliphatic carbocycles. The van der Waals surface area contributed by atoms with Gasteiger partial charge < -0.3 is 28.3 Å². The molecule has 3 unspecified atom stereocenters. The molecule has 5 atom stereocenters. The lowest BCUT2D eigenvalue weighted by Gasteiger charge is -2.42. The minimum absolute atomic E-state index is 0.0112. The van der Waals surface area contributed by atoms with Crippen LogP contribution in [-0.4, -0.2) is 78.8 Å². The Morgan fingerprint density at radius 2 is 1.91 bits per heavy atom. The van der Waals surface area contributed by atoms with Crippen LogP contribution in [0.4, 0.5) is 4.79 Å². The van der Waals surface area contributed by atoms with E-state index in [2.05, 4.69) is 60.8 Å². The van der Waals surface area contributed by atoms with E-state index >= 15 is 0 Å². The number of nitrogens with one attached hydrogen (secondary N) is 2. The van der Waals surface area contributed by atoms with Crippen molar-refractivity contribution in [2.75, 3.05) is 19.8 Å². The van der Waals surface area contributed by atoms with Gasteiger partial charge in [0, 0.05) is 24.3 Å². The van der Waals surface area contributed by atoms with Crippen molar-refractivity contribution in [3.63, 3.8) is 0 Å². The average molecular weight is 640 g/mol. The molecular weight excluding hydrogens is 593 g/mol. The molecule has 1 aliphatic rings. The lowest BCUT2D eigenvalue weighted by atomic mass is 10.1. The van der Waals surface area contributed by atoms with Crippen molar-refractivity contribution in [2.45, 2.75) is 110 Å². The summed E-state index contributed by atoms with van der Waals surface area (Å²) in [4.78, 5) is 39.5. The Morgan fingerprint density at radius 3 is 2.44 bits per heavy atom. The van der Waals surface area contributed by atoms with Crippen LogP contribution in [0.5, 0.6) is 0 Å². The van der Waals surface area contributed by atoms with Gasteiger partial charge in [-0.3, -0.25) is 14.3 Å². The monoisotopic (exact) mass is 639 g/mol. The standard InChI is InChI=1S/C28H46N5O8PSi/c1-11-15-30-27(36)37-18-21-23(40-42(38-17-12-14-29)33(19(2)3)20(4)5)24(41-43(9,10)28(6,7)8)25(39-21)32-16-13-22(34)31-26(32)35/h1,13,16,19-21,23-25H,12,15,17-18H2,2-10H3,(H,30,36)(H,31,34,35)/t21-,23?,24?,25-,42?/m1/s1. The number of aromatic amines is 1. The van der Waals surface area contributed by atoms with E-state index in [9.17, 15) is 14.4 Å². The lowest BCUT2D eigenvalue weighted by molar-refractivity contribution is -0.0550. The Balaban J connectivity index is 2.66. The van der Waals surface area contributed by atoms with Gasteiger partial charge in [-0.2, -0.15) is 5.26 Å². The van der Waals surface area contributed by atoms with Crippen LogP contribution in [0.3, 0.4) is 0 Å². The highest BCUT2D eigenvalue weighted by atomic mass is 31.2. The van der Waals surface area contributed by atoms with Gasteiger partial charge in [0.2, 0.25) is 0 Å². The molecule has 1 aromatic rings. The molecular formula is C28H46N5O8PSi. The Labute approximate surface area is 256 Å². The van der Waals surface area contributed by atoms with E-state index < -0.39 is 58.7 Å². The number of amides is 1. The van der Waals surface area contributed by atoms with E-state index in [4.69, 9.17) is 34.6 Å². The minimum Gasteiger partial charge on any atom is -0.447 e. The third-order valence-electron chi connectivity index (χ3n) is 7.24. The number of hydrogen-bond acceptors (Lipinski definition) is 10. The van der Waals surface area contributed by atoms with Gasteiger partial charge in [0.1, 0.15) is 24.9 Å². The number of H-pyrrole nitrogens is 1. The van der Waals surface area contributed by atoms with Crippen LogP contribution in [0.25, 0.3) is 0 Å². The molecule has 0 spiro atoms. The zero-order chi connectivity index (χ0) is 32.5. The fourth-order valence-electron chi connectivity index (χ4n) is 4.19. The summed E-state index contributed by atoms with van der Waals surface area (Å²) in [6.45, 7) is 18.3. The van der Waals surface area contributed by atoms with E-state index in [0.717, 1.165) is 0 Å². The van der Waals surface area contributed by atoms with Crippen LogP contribution in [0.15, 0.2) is 21.9 Å². The van der Waals surface area contributed by atoms with Crippen LogP contribution in [0.1, 0.15) is 61.1 Å². The fraction of sp³-hybridized carbons (Fsp3) is 0.714. The molecule has 2 N–H and O–H groups in total. The first kappa shape index (κ1) is 36.6. The van der Waals surface area contributed by atoms with Crippen molar-refractivity contribution < 1.29 is 27.7 Å². The highest BCUT2D eigenvalue weighted by molar-refractivity contribution is 7.44. The highest BCUT2D eigenvalue weighted by Gasteiger charge is 2.53. The van der Waals surface area contributed by atoms with Crippen LogP contribution < -0.4 is 16.6 Å². The minimum atomic E-state index is -2.54. The van der Waals surface area contributed by atoms with Gasteiger partial charge >= 0.3 is 11.8 Å². The number of hydrogen-bond donors (Lipinski definition) is 2. The maximum Gasteiger partial charge on any atom is 0.407 e. The molecule has 0 saturated carbocycles. The summed E-state index contributed by atoms with van der Waals surface area (Å²) in [6.07, 6.45) is 2.32. The summed E-state index contributed by atoms with van der Waals surface area (Å²) in [5, 5.41) is 11.4. The number of carbonyl (C=O) groups excluding carboxylic acids is 1. The summed E-state index contributed by atoms with van der Waals surface area (Å²) < 4.78 is 35.0. The quantitative estimate of drug-likeness (QED) is 0.133. The van der Waals surface area contributed by atoms with Crippen molar-refractivity contribution in [1.29, 1.82) is 5.26 Å². The average Bonchev–Trinajstić information content (AvgIpc) is 3.21. The van der Waals surface area contributed by atoms with Gasteiger partial charge in [0.05, 0.1) is 25.6 Å². The van der Waals surface area contributed by atoms with Gasteiger partial charge in [-0.25, -0.2) is 14.3 Å². The van der Waals surface area contributed by atoms with Crippen LogP contribution in [0, 0.1) is 23.7 Å². The molecule has 1 aromatic heterocycles. The number of carbonyl (C=O) groups is 1. The van der Waals surface area contributed by atoms with Crippen molar-refractivity contribution in [2.24, 2.45) is 0 Å². The number of ether oxygens (including phenoxy) is 2. The van der Waals surface area contributed by atoms with Gasteiger partial charge in [-0.05, 0) is 45.8 Å². The predicted molar refractivity (Wildman–Crippen MR) is 166 cm³/mol. The molecule has 2 heterocycles. The molecule has 1 saturated heterocycles. The summed E-state index contributed by atoms with van der Waals surface area (Å²) in [7, 11) is -4.31. The maximum atomic E-state index is 13.0. The summed E-state index contributed by atoms with van der Waals surface area (Å²) in [6, 6.07) is 3.33. The van der Waals surface area contributed by atoms with E-state index in [-0.39, 0.29) is 43.3 Å². The van der Waals surface area contributed by atoms with Crippen LogP contribution in [-0.2, 0) is 22.9 Å². The second-order valence-corrected chi connectivity index (χ2v) is 18.4. The Bertz CT molecular complexity index is 1260. The molecule has 43 heavy (non-hydrogen) atoms. The van der Waals surface area contributed by atoms with Gasteiger partial charge in [-0.1, -0.05) is 26.7 Å². The molecule has 1 amide bonds. The fourth-order valence-corrected chi connectivity index (χ4v) is 7.25. The van der Waals surface area contributed by atoms with Crippen molar-refractivity contribution in [1.82, 2.24) is 19.5 Å². The van der Waals surface area contributed by atoms with Crippen molar-refractivity contribution in [3.05, 3.63) is 33.1 Å². The summed E-state index contributed by atoms with van der Waals surface area (Å²) >= 11 is 0. The SMILES string of the molecule is C#CCNC(=O)OC[C@H]1O[C@@H](n2ccc(=O)[nH]c2=O)C(O[Si](C)(C)C(C)(C)C)C1OP(OCCC#N)N(C(C)C)C(C)C. The zero-order valence-corrected chi connectivity index (χ0v) is 28.5. The van der Waals surface area contributed by atoms with Gasteiger partial charge in [0.25, 0.3) is 14.1 Å². The van der Waals surface area contributed by atoms with Crippen LogP contribution in [0.2, 0.25) is 18.1 Å². The summed E-state index contributed by atoms with van der Waals surface area (Å²) in [5.41, 5.74) is -1.25. The molecule has 15 heteroatoms. The Hall–Kier alpha value is -2.55. The summed E-state index contributed by atoms with van der Waals surface area (Å²) in [5.74, 6) is 2.31. The first-order valence-corrected chi connectivity index (χ1v) is 18.3. The van der Waals surface area contributed by atoms with E-state index in [1.54, 1.807) is 0 Å². The number of aromatic nitrogens is 2. The second kappa shape index (κ2) is 16.0. The largest absolute Gasteiger partial charge is 0.447 e.